The zero-order valence-electron chi connectivity index (χ0n) is 65.9. The Hall–Kier alpha value is -13.5. The number of aryl methyl sites for hydroxylation is 1. The van der Waals surface area contributed by atoms with Crippen LogP contribution in [-0.2, 0) is 25.3 Å². The number of hydrogen-bond donors (Lipinski definition) is 6. The molecule has 630 valence electrons. The number of halogens is 11. The number of carbonyl (C=O) groups excluding carboxylic acids is 3. The third kappa shape index (κ3) is 26.5. The van der Waals surface area contributed by atoms with Crippen molar-refractivity contribution in [2.75, 3.05) is 60.2 Å². The number of ether oxygens (including phenoxy) is 3. The largest absolute Gasteiger partial charge is 0.497 e. The lowest BCUT2D eigenvalue weighted by Crippen LogP contribution is -2.14. The second-order valence-electron chi connectivity index (χ2n) is 26.4. The van der Waals surface area contributed by atoms with E-state index in [4.69, 9.17) is 77.9 Å². The van der Waals surface area contributed by atoms with Crippen LogP contribution in [0, 0.1) is 0 Å². The zero-order valence-corrected chi connectivity index (χ0v) is 70.5. The number of alkyl halides is 6. The van der Waals surface area contributed by atoms with Gasteiger partial charge in [0.05, 0.1) is 86.6 Å². The first-order chi connectivity index (χ1) is 59.8. The van der Waals surface area contributed by atoms with Gasteiger partial charge in [0.15, 0.2) is 5.13 Å². The molecule has 7 aromatic heterocycles. The minimum Gasteiger partial charge on any atom is -0.497 e. The van der Waals surface area contributed by atoms with Gasteiger partial charge >= 0.3 is 12.4 Å². The maximum absolute atomic E-state index is 13.0. The molecule has 15 rings (SSSR count). The van der Waals surface area contributed by atoms with E-state index < -0.39 is 23.5 Å². The average Bonchev–Trinajstić information content (AvgIpc) is 1.06. The molecule has 19 nitrogen and oxygen atoms in total. The molecule has 0 saturated heterocycles. The summed E-state index contributed by atoms with van der Waals surface area (Å²) in [6.07, 6.45) is 0.674. The third-order valence-electron chi connectivity index (χ3n) is 17.9. The Morgan fingerprint density at radius 2 is 0.806 bits per heavy atom. The third-order valence-corrected chi connectivity index (χ3v) is 20.4. The fourth-order valence-electron chi connectivity index (χ4n) is 11.7. The number of aromatic nitrogens is 7. The summed E-state index contributed by atoms with van der Waals surface area (Å²) in [4.78, 5) is 67.1. The van der Waals surface area contributed by atoms with Crippen molar-refractivity contribution in [2.24, 2.45) is 0 Å². The first kappa shape index (κ1) is 91.3. The molecule has 7 N–H and O–H groups in total. The Morgan fingerprint density at radius 3 is 1.27 bits per heavy atom. The Kier molecular flexibility index (Phi) is 32.7. The summed E-state index contributed by atoms with van der Waals surface area (Å²) in [5.74, 6) is 1.26. The Morgan fingerprint density at radius 1 is 0.387 bits per heavy atom. The fraction of sp³-hybridized carbons (Fsp3) is 0.0968. The van der Waals surface area contributed by atoms with E-state index in [0.717, 1.165) is 57.7 Å². The van der Waals surface area contributed by atoms with E-state index in [1.165, 1.54) is 23.1 Å². The number of nitrogens with two attached hydrogens (primary N) is 1. The molecule has 0 fully saturated rings. The van der Waals surface area contributed by atoms with Gasteiger partial charge in [0.2, 0.25) is 0 Å². The molecule has 0 spiro atoms. The first-order valence-electron chi connectivity index (χ1n) is 37.5. The van der Waals surface area contributed by atoms with Gasteiger partial charge in [-0.25, -0.2) is 9.97 Å². The smallest absolute Gasteiger partial charge is 0.416 e. The molecule has 124 heavy (non-hydrogen) atoms. The molecule has 7 heterocycles. The number of methoxy groups -OCH3 is 3. The number of carbonyl (C=O) groups is 3. The monoisotopic (exact) mass is 1790 g/mol. The van der Waals surface area contributed by atoms with Gasteiger partial charge < -0.3 is 46.5 Å². The molecular weight excluding hydrogens is 1720 g/mol. The van der Waals surface area contributed by atoms with Gasteiger partial charge in [-0.2, -0.15) is 26.3 Å². The van der Waals surface area contributed by atoms with Gasteiger partial charge in [0.25, 0.3) is 17.7 Å². The lowest BCUT2D eigenvalue weighted by atomic mass is 10.0. The lowest BCUT2D eigenvalue weighted by Gasteiger charge is -2.14. The van der Waals surface area contributed by atoms with Crippen LogP contribution in [0.25, 0.3) is 56.4 Å². The number of thiazole rings is 1. The summed E-state index contributed by atoms with van der Waals surface area (Å²) < 4.78 is 93.9. The highest BCUT2D eigenvalue weighted by Crippen LogP contribution is 2.40. The molecule has 31 heteroatoms. The van der Waals surface area contributed by atoms with Crippen LogP contribution in [0.4, 0.5) is 60.0 Å². The highest BCUT2D eigenvalue weighted by Gasteiger charge is 2.37. The van der Waals surface area contributed by atoms with E-state index >= 15 is 0 Å². The first-order valence-corrected chi connectivity index (χ1v) is 40.2. The number of anilines is 6. The van der Waals surface area contributed by atoms with Gasteiger partial charge in [0, 0.05) is 125 Å². The van der Waals surface area contributed by atoms with Crippen LogP contribution in [0.3, 0.4) is 0 Å². The van der Waals surface area contributed by atoms with E-state index in [1.54, 1.807) is 186 Å². The number of nitrogen functional groups attached to an aromatic ring is 1. The van der Waals surface area contributed by atoms with Crippen molar-refractivity contribution in [1.82, 2.24) is 34.9 Å². The topological polar surface area (TPSA) is 255 Å². The molecule has 15 aromatic rings. The van der Waals surface area contributed by atoms with Crippen LogP contribution in [-0.4, -0.2) is 80.5 Å². The number of pyridine rings is 6. The number of amides is 3. The van der Waals surface area contributed by atoms with Crippen molar-refractivity contribution < 1.29 is 54.9 Å². The number of hydrogen-bond acceptors (Lipinski definition) is 17. The van der Waals surface area contributed by atoms with Crippen molar-refractivity contribution in [3.05, 3.63) is 367 Å². The van der Waals surface area contributed by atoms with Crippen molar-refractivity contribution in [1.29, 1.82) is 0 Å². The summed E-state index contributed by atoms with van der Waals surface area (Å²) in [7, 11) is 4.69. The number of nitrogens with zero attached hydrogens (tertiary/aromatic N) is 7. The maximum Gasteiger partial charge on any atom is 0.416 e. The molecule has 0 bridgehead atoms. The molecule has 3 amide bonds. The Balaban J connectivity index is 0.000000152. The van der Waals surface area contributed by atoms with E-state index in [-0.39, 0.29) is 41.6 Å². The van der Waals surface area contributed by atoms with Gasteiger partial charge in [0.1, 0.15) is 33.1 Å². The van der Waals surface area contributed by atoms with Crippen LogP contribution in [0.5, 0.6) is 17.2 Å². The summed E-state index contributed by atoms with van der Waals surface area (Å²) in [5, 5.41) is 17.9. The van der Waals surface area contributed by atoms with Gasteiger partial charge in [-0.05, 0) is 212 Å². The van der Waals surface area contributed by atoms with Gasteiger partial charge in [-0.3, -0.25) is 39.3 Å². The minimum atomic E-state index is -4.85. The zero-order chi connectivity index (χ0) is 88.1. The highest BCUT2D eigenvalue weighted by atomic mass is 35.5. The van der Waals surface area contributed by atoms with Crippen LogP contribution >= 0.6 is 69.3 Å². The summed E-state index contributed by atoms with van der Waals surface area (Å²) in [6, 6.07) is 75.8. The second kappa shape index (κ2) is 44.4. The highest BCUT2D eigenvalue weighted by molar-refractivity contribution is 7.20. The van der Waals surface area contributed by atoms with Gasteiger partial charge in [-0.15, -0.1) is 0 Å². The standard InChI is InChI=1S/C22H17ClF6N2.C20H17ClN2O3.C19H15ClN2O2.C17H13ClN4O.C15H12ClN3S/c23-19-7-6-17(13-18(19)20-5-1-2-8-31-20)30-9-3-4-14-10-15(21(24,25)26)12-16(11-14)22(27,28)29;1-25-15-10-14(11-16(12-15)26-2)23-20(24)13-6-7-18(21)17(9-13)19-5-3-4-8-22-19;1-24-15-8-5-13(6-9-15)19(23)22-14-7-10-17(20)16(12-14)18-4-2-3-11-21-18;18-14-7-6-11(10-13(14)15-5-1-2-8-20-15)22-17(23)12-4-3-9-21-16(12)19;16-14-13(12-8-4-5-9-17-12)19-15(20-14)18-10-11-6-2-1-3-7-11/h1-2,5-8,10-13,30H,3-4,9H2;3-12H,1-2H3,(H,23,24);2-12H,1H3,(H,22,23);1-10H,(H2,19,21)(H,22,23);1-9H,10H2,(H,18,19). The molecule has 0 radical (unpaired) electrons. The van der Waals surface area contributed by atoms with E-state index in [2.05, 4.69) is 73.6 Å². The Bertz CT molecular complexity index is 6020. The minimum absolute atomic E-state index is 0.0192. The van der Waals surface area contributed by atoms with Crippen molar-refractivity contribution >= 4 is 121 Å². The maximum atomic E-state index is 13.0. The molecule has 0 aliphatic carbocycles. The molecule has 0 saturated carbocycles. The predicted molar refractivity (Wildman–Crippen MR) is 481 cm³/mol. The van der Waals surface area contributed by atoms with E-state index in [1.807, 2.05) is 103 Å². The summed E-state index contributed by atoms with van der Waals surface area (Å²) in [5.41, 5.74) is 15.5. The number of nitrogens with one attached hydrogen (secondary N) is 5. The van der Waals surface area contributed by atoms with Crippen LogP contribution in [0.15, 0.2) is 304 Å². The fourth-order valence-corrected chi connectivity index (χ4v) is 13.6. The van der Waals surface area contributed by atoms with Crippen LogP contribution in [0.1, 0.15) is 59.7 Å². The quantitative estimate of drug-likeness (QED) is 0.0272. The molecule has 0 aliphatic rings. The van der Waals surface area contributed by atoms with Crippen molar-refractivity contribution in [3.63, 3.8) is 0 Å². The number of rotatable bonds is 22. The molecule has 8 aromatic carbocycles. The molecular formula is C93H74Cl5F6N13O6S. The lowest BCUT2D eigenvalue weighted by molar-refractivity contribution is -0.143. The summed E-state index contributed by atoms with van der Waals surface area (Å²) in [6.45, 7) is 1.08. The van der Waals surface area contributed by atoms with Gasteiger partial charge in [-0.1, -0.05) is 130 Å². The average molecular weight is 1790 g/mol. The number of benzene rings is 8. The predicted octanol–water partition coefficient (Wildman–Crippen LogP) is 24.9. The molecule has 0 aliphatic heterocycles. The molecule has 0 atom stereocenters. The van der Waals surface area contributed by atoms with Crippen LogP contribution in [0.2, 0.25) is 24.4 Å². The van der Waals surface area contributed by atoms with Crippen molar-refractivity contribution in [3.8, 4) is 73.7 Å². The van der Waals surface area contributed by atoms with E-state index in [9.17, 15) is 40.7 Å². The van der Waals surface area contributed by atoms with E-state index in [0.29, 0.717) is 117 Å². The van der Waals surface area contributed by atoms with Crippen LogP contribution < -0.4 is 46.5 Å². The Labute approximate surface area is 738 Å². The normalized spacial score (nSPS) is 10.8. The molecule has 0 unspecified atom stereocenters. The summed E-state index contributed by atoms with van der Waals surface area (Å²) >= 11 is 32.6. The SMILES string of the molecule is COc1cc(NC(=O)c2ccc(Cl)c(-c3ccccn3)c2)cc(OC)c1.COc1ccc(C(=O)Nc2ccc(Cl)c(-c3ccccn3)c2)cc1.Clc1sc(NCc2ccccc2)nc1-c1ccccn1.FC(F)(F)c1cc(CCCNc2ccc(Cl)c(-c3ccccn3)c2)cc(C(F)(F)F)c1.Nc1ncccc1C(=O)Nc1ccc(Cl)c(-c2ccccn2)c1. The second-order valence-corrected chi connectivity index (χ2v) is 29.6. The van der Waals surface area contributed by atoms with Crippen molar-refractivity contribution in [2.45, 2.75) is 31.7 Å².